The highest BCUT2D eigenvalue weighted by atomic mass is 14.9. The van der Waals surface area contributed by atoms with E-state index in [0.717, 1.165) is 12.5 Å². The van der Waals surface area contributed by atoms with E-state index in [9.17, 15) is 0 Å². The molecule has 0 spiro atoms. The number of nitrogens with one attached hydrogen (secondary N) is 1. The summed E-state index contributed by atoms with van der Waals surface area (Å²) in [7, 11) is 0. The lowest BCUT2D eigenvalue weighted by molar-refractivity contribution is 0.444. The molecule has 0 aliphatic heterocycles. The van der Waals surface area contributed by atoms with E-state index in [0.29, 0.717) is 6.04 Å². The second-order valence-corrected chi connectivity index (χ2v) is 4.30. The quantitative estimate of drug-likeness (QED) is 0.773. The van der Waals surface area contributed by atoms with E-state index in [2.05, 4.69) is 43.2 Å². The van der Waals surface area contributed by atoms with Crippen molar-refractivity contribution in [2.75, 3.05) is 6.54 Å². The first-order chi connectivity index (χ1) is 7.24. The van der Waals surface area contributed by atoms with Gasteiger partial charge in [-0.25, -0.2) is 0 Å². The third kappa shape index (κ3) is 4.43. The number of aromatic nitrogens is 1. The molecular weight excluding hydrogens is 184 g/mol. The first kappa shape index (κ1) is 12.2. The van der Waals surface area contributed by atoms with Gasteiger partial charge in [0.1, 0.15) is 0 Å². The molecule has 0 saturated carbocycles. The Morgan fingerprint density at radius 2 is 1.93 bits per heavy atom. The minimum absolute atomic E-state index is 0.423. The number of rotatable bonds is 6. The summed E-state index contributed by atoms with van der Waals surface area (Å²) in [6.07, 6.45) is 6.27. The molecule has 0 radical (unpaired) electrons. The summed E-state index contributed by atoms with van der Waals surface area (Å²) in [5.41, 5.74) is 1.31. The van der Waals surface area contributed by atoms with Crippen LogP contribution in [0.1, 0.15) is 45.2 Å². The fourth-order valence-corrected chi connectivity index (χ4v) is 1.74. The normalized spacial score (nSPS) is 14.9. The molecule has 2 heteroatoms. The fourth-order valence-electron chi connectivity index (χ4n) is 1.74. The summed E-state index contributed by atoms with van der Waals surface area (Å²) >= 11 is 0. The molecular formula is C13H22N2. The van der Waals surface area contributed by atoms with Gasteiger partial charge in [-0.3, -0.25) is 4.98 Å². The van der Waals surface area contributed by atoms with Gasteiger partial charge in [-0.1, -0.05) is 20.3 Å². The summed E-state index contributed by atoms with van der Waals surface area (Å²) in [5, 5.41) is 3.56. The lowest BCUT2D eigenvalue weighted by atomic mass is 10.0. The standard InChI is InChI=1S/C13H22N2/c1-4-5-11(2)10-15-12(3)13-6-8-14-9-7-13/h6-9,11-12,15H,4-5,10H2,1-3H3/t11-,12-/m1/s1. The number of hydrogen-bond acceptors (Lipinski definition) is 2. The molecule has 1 heterocycles. The number of nitrogens with zero attached hydrogens (tertiary/aromatic N) is 1. The summed E-state index contributed by atoms with van der Waals surface area (Å²) in [6.45, 7) is 7.84. The van der Waals surface area contributed by atoms with Gasteiger partial charge in [0.25, 0.3) is 0 Å². The predicted molar refractivity (Wildman–Crippen MR) is 64.7 cm³/mol. The van der Waals surface area contributed by atoms with Crippen LogP contribution in [0.5, 0.6) is 0 Å². The van der Waals surface area contributed by atoms with Gasteiger partial charge < -0.3 is 5.32 Å². The van der Waals surface area contributed by atoms with Crippen LogP contribution in [0.2, 0.25) is 0 Å². The topological polar surface area (TPSA) is 24.9 Å². The van der Waals surface area contributed by atoms with Crippen LogP contribution in [0.15, 0.2) is 24.5 Å². The summed E-state index contributed by atoms with van der Waals surface area (Å²) < 4.78 is 0. The molecule has 0 aliphatic rings. The van der Waals surface area contributed by atoms with E-state index in [4.69, 9.17) is 0 Å². The van der Waals surface area contributed by atoms with Crippen molar-refractivity contribution in [1.82, 2.24) is 10.3 Å². The van der Waals surface area contributed by atoms with Gasteiger partial charge in [0.15, 0.2) is 0 Å². The molecule has 1 aromatic heterocycles. The van der Waals surface area contributed by atoms with E-state index in [1.165, 1.54) is 18.4 Å². The molecule has 2 atom stereocenters. The van der Waals surface area contributed by atoms with Crippen LogP contribution < -0.4 is 5.32 Å². The van der Waals surface area contributed by atoms with E-state index in [-0.39, 0.29) is 0 Å². The van der Waals surface area contributed by atoms with Crippen molar-refractivity contribution in [3.8, 4) is 0 Å². The van der Waals surface area contributed by atoms with Crippen molar-refractivity contribution in [3.63, 3.8) is 0 Å². The largest absolute Gasteiger partial charge is 0.310 e. The molecule has 2 nitrogen and oxygen atoms in total. The minimum Gasteiger partial charge on any atom is -0.310 e. The van der Waals surface area contributed by atoms with Crippen LogP contribution >= 0.6 is 0 Å². The lowest BCUT2D eigenvalue weighted by Gasteiger charge is -2.17. The third-order valence-electron chi connectivity index (χ3n) is 2.76. The van der Waals surface area contributed by atoms with Crippen molar-refractivity contribution in [2.24, 2.45) is 5.92 Å². The first-order valence-corrected chi connectivity index (χ1v) is 5.87. The maximum absolute atomic E-state index is 4.02. The molecule has 0 saturated heterocycles. The van der Waals surface area contributed by atoms with E-state index < -0.39 is 0 Å². The van der Waals surface area contributed by atoms with Crippen LogP contribution in [0, 0.1) is 5.92 Å². The van der Waals surface area contributed by atoms with E-state index in [1.807, 2.05) is 12.4 Å². The van der Waals surface area contributed by atoms with Gasteiger partial charge >= 0.3 is 0 Å². The van der Waals surface area contributed by atoms with Crippen molar-refractivity contribution < 1.29 is 0 Å². The second kappa shape index (κ2) is 6.57. The zero-order chi connectivity index (χ0) is 11.1. The third-order valence-corrected chi connectivity index (χ3v) is 2.76. The van der Waals surface area contributed by atoms with Gasteiger partial charge in [0.2, 0.25) is 0 Å². The van der Waals surface area contributed by atoms with Crippen LogP contribution in [-0.4, -0.2) is 11.5 Å². The number of pyridine rings is 1. The Balaban J connectivity index is 2.33. The average Bonchev–Trinajstić information content (AvgIpc) is 2.27. The summed E-state index contributed by atoms with van der Waals surface area (Å²) in [5.74, 6) is 0.763. The monoisotopic (exact) mass is 206 g/mol. The molecule has 0 aromatic carbocycles. The summed E-state index contributed by atoms with van der Waals surface area (Å²) in [6, 6.07) is 4.57. The molecule has 84 valence electrons. The minimum atomic E-state index is 0.423. The molecule has 0 fully saturated rings. The van der Waals surface area contributed by atoms with Crippen LogP contribution in [0.4, 0.5) is 0 Å². The molecule has 0 unspecified atom stereocenters. The van der Waals surface area contributed by atoms with Gasteiger partial charge in [-0.2, -0.15) is 0 Å². The molecule has 1 rings (SSSR count). The smallest absolute Gasteiger partial charge is 0.0293 e. The second-order valence-electron chi connectivity index (χ2n) is 4.30. The number of hydrogen-bond donors (Lipinski definition) is 1. The van der Waals surface area contributed by atoms with E-state index >= 15 is 0 Å². The molecule has 15 heavy (non-hydrogen) atoms. The Kier molecular flexibility index (Phi) is 5.33. The van der Waals surface area contributed by atoms with Crippen LogP contribution in [0.25, 0.3) is 0 Å². The zero-order valence-corrected chi connectivity index (χ0v) is 10.0. The summed E-state index contributed by atoms with van der Waals surface area (Å²) in [4.78, 5) is 4.02. The van der Waals surface area contributed by atoms with Crippen molar-refractivity contribution in [1.29, 1.82) is 0 Å². The SMILES string of the molecule is CCC[C@@H](C)CN[C@H](C)c1ccncc1. The Morgan fingerprint density at radius 3 is 2.53 bits per heavy atom. The molecule has 1 aromatic rings. The Hall–Kier alpha value is -0.890. The molecule has 0 amide bonds. The zero-order valence-electron chi connectivity index (χ0n) is 10.0. The lowest BCUT2D eigenvalue weighted by Crippen LogP contribution is -2.24. The highest BCUT2D eigenvalue weighted by Gasteiger charge is 2.06. The first-order valence-electron chi connectivity index (χ1n) is 5.87. The van der Waals surface area contributed by atoms with Crippen LogP contribution in [0.3, 0.4) is 0 Å². The fraction of sp³-hybridized carbons (Fsp3) is 0.615. The molecule has 0 aliphatic carbocycles. The van der Waals surface area contributed by atoms with Gasteiger partial charge in [0.05, 0.1) is 0 Å². The Labute approximate surface area is 93.1 Å². The Morgan fingerprint density at radius 1 is 1.27 bits per heavy atom. The Bertz CT molecular complexity index is 258. The van der Waals surface area contributed by atoms with Gasteiger partial charge in [-0.15, -0.1) is 0 Å². The average molecular weight is 206 g/mol. The molecule has 1 N–H and O–H groups in total. The van der Waals surface area contributed by atoms with Gasteiger partial charge in [0, 0.05) is 18.4 Å². The predicted octanol–water partition coefficient (Wildman–Crippen LogP) is 3.17. The highest BCUT2D eigenvalue weighted by molar-refractivity contribution is 5.13. The van der Waals surface area contributed by atoms with E-state index in [1.54, 1.807) is 0 Å². The van der Waals surface area contributed by atoms with Crippen LogP contribution in [-0.2, 0) is 0 Å². The molecule has 0 bridgehead atoms. The maximum atomic E-state index is 4.02. The maximum Gasteiger partial charge on any atom is 0.0293 e. The highest BCUT2D eigenvalue weighted by Crippen LogP contribution is 2.11. The van der Waals surface area contributed by atoms with Gasteiger partial charge in [-0.05, 0) is 43.5 Å². The van der Waals surface area contributed by atoms with Crippen molar-refractivity contribution in [2.45, 2.75) is 39.7 Å². The van der Waals surface area contributed by atoms with Crippen molar-refractivity contribution >= 4 is 0 Å². The van der Waals surface area contributed by atoms with Crippen molar-refractivity contribution in [3.05, 3.63) is 30.1 Å².